The first kappa shape index (κ1) is 44.0. The van der Waals surface area contributed by atoms with E-state index in [1.54, 1.807) is 0 Å². The minimum absolute atomic E-state index is 0.0476. The molecule has 0 aromatic heterocycles. The van der Waals surface area contributed by atoms with E-state index in [1.165, 1.54) is 0 Å². The Labute approximate surface area is 308 Å². The van der Waals surface area contributed by atoms with Crippen LogP contribution in [0, 0.1) is 0 Å². The highest BCUT2D eigenvalue weighted by molar-refractivity contribution is 6.77. The first-order chi connectivity index (χ1) is 22.4. The Hall–Kier alpha value is 2.57. The van der Waals surface area contributed by atoms with Crippen molar-refractivity contribution < 1.29 is 70.9 Å². The standard InChI is InChI=1S/C15H41O17Si15/c1-13-10-39(4)27-41(6)29-44(16-13)23-35-19-33-20-36-25-46-18-15(3)12-47(9,32-43(8)31-46)26-38-22-34-21-37-24-45-17-14(2)11-40(5)28-42(7)30-45/h13-15,39-43H,10-12H2,1-9H3. The number of rotatable bonds is 16. The molecule has 0 aliphatic carbocycles. The summed E-state index contributed by atoms with van der Waals surface area (Å²) in [7, 11) is -18.2. The molecule has 17 nitrogen and oxygen atoms in total. The van der Waals surface area contributed by atoms with Crippen LogP contribution in [0.3, 0.4) is 0 Å². The zero-order valence-electron chi connectivity index (χ0n) is 27.7. The molecule has 3 rings (SSSR count). The summed E-state index contributed by atoms with van der Waals surface area (Å²) in [6.07, 6.45) is -0.106. The van der Waals surface area contributed by atoms with Crippen molar-refractivity contribution in [3.05, 3.63) is 0 Å². The SMILES string of the molecule is CC1C[SiH](C)O[SiH](C)O[Si](O[Si]O[Si]O[Si]O[Si]2OC(C)C[Si](C)(O[Si]O[Si]O[Si]O[Si]3OC(C)C[SiH](C)O[SiH](C)O3)O[SiH](C)O2)O1. The van der Waals surface area contributed by atoms with Gasteiger partial charge in [0.2, 0.25) is 0 Å². The highest BCUT2D eigenvalue weighted by atomic mass is 28.5. The van der Waals surface area contributed by atoms with Gasteiger partial charge in [-0.25, -0.2) is 0 Å². The predicted octanol–water partition coefficient (Wildman–Crippen LogP) is -2.04. The summed E-state index contributed by atoms with van der Waals surface area (Å²) in [5.41, 5.74) is 0. The molecule has 0 saturated carbocycles. The Morgan fingerprint density at radius 3 is 1.45 bits per heavy atom. The zero-order chi connectivity index (χ0) is 34.2. The highest BCUT2D eigenvalue weighted by Crippen LogP contribution is 2.23. The van der Waals surface area contributed by atoms with Crippen LogP contribution < -0.4 is 0 Å². The van der Waals surface area contributed by atoms with Crippen molar-refractivity contribution in [1.82, 2.24) is 0 Å². The molecule has 9 unspecified atom stereocenters. The molecule has 3 aliphatic heterocycles. The van der Waals surface area contributed by atoms with E-state index in [-0.39, 0.29) is 78.4 Å². The molecule has 15 radical (unpaired) electrons. The van der Waals surface area contributed by atoms with Gasteiger partial charge in [0, 0.05) is 24.4 Å². The minimum Gasteiger partial charge on any atom is -0.441 e. The Kier molecular flexibility index (Phi) is 22.5. The molecule has 32 heteroatoms. The summed E-state index contributed by atoms with van der Waals surface area (Å²) in [5.74, 6) is 0. The van der Waals surface area contributed by atoms with Gasteiger partial charge in [-0.3, -0.25) is 0 Å². The van der Waals surface area contributed by atoms with E-state index in [1.807, 2.05) is 47.0 Å². The van der Waals surface area contributed by atoms with Crippen LogP contribution in [0.5, 0.6) is 0 Å². The van der Waals surface area contributed by atoms with Crippen LogP contribution in [0.15, 0.2) is 0 Å². The van der Waals surface area contributed by atoms with E-state index in [9.17, 15) is 0 Å². The number of hydrogen-bond acceptors (Lipinski definition) is 17. The third kappa shape index (κ3) is 19.5. The maximum Gasteiger partial charge on any atom is 0.558 e. The summed E-state index contributed by atoms with van der Waals surface area (Å²) in [4.78, 5) is 0. The lowest BCUT2D eigenvalue weighted by molar-refractivity contribution is 0.126. The lowest BCUT2D eigenvalue weighted by Gasteiger charge is -2.35. The lowest BCUT2D eigenvalue weighted by Crippen LogP contribution is -2.53. The third-order valence-electron chi connectivity index (χ3n) is 5.89. The average Bonchev–Trinajstić information content (AvgIpc) is 2.93. The van der Waals surface area contributed by atoms with Gasteiger partial charge < -0.3 is 70.9 Å². The van der Waals surface area contributed by atoms with Gasteiger partial charge in [0.1, 0.15) is 0 Å². The topological polar surface area (TPSA) is 157 Å². The average molecular weight is 915 g/mol. The Balaban J connectivity index is 1.24. The molecule has 3 aliphatic rings. The van der Waals surface area contributed by atoms with Crippen molar-refractivity contribution in [3.63, 3.8) is 0 Å². The molecule has 0 N–H and O–H groups in total. The molecular formula is C15H41O17Si15. The van der Waals surface area contributed by atoms with Crippen LogP contribution in [-0.2, 0) is 70.9 Å². The summed E-state index contributed by atoms with van der Waals surface area (Å²) >= 11 is 0. The summed E-state index contributed by atoms with van der Waals surface area (Å²) in [6, 6.07) is 2.47. The molecule has 0 bridgehead atoms. The van der Waals surface area contributed by atoms with Gasteiger partial charge in [0.15, 0.2) is 18.1 Å². The van der Waals surface area contributed by atoms with E-state index in [0.29, 0.717) is 6.04 Å². The Morgan fingerprint density at radius 2 is 0.979 bits per heavy atom. The second-order valence-electron chi connectivity index (χ2n) is 10.7. The van der Waals surface area contributed by atoms with Crippen molar-refractivity contribution in [3.8, 4) is 0 Å². The first-order valence-electron chi connectivity index (χ1n) is 14.8. The van der Waals surface area contributed by atoms with Gasteiger partial charge in [-0.1, -0.05) is 0 Å². The fraction of sp³-hybridized carbons (Fsp3) is 1.00. The van der Waals surface area contributed by atoms with Crippen molar-refractivity contribution in [2.75, 3.05) is 0 Å². The molecular weight excluding hydrogens is 873 g/mol. The highest BCUT2D eigenvalue weighted by Gasteiger charge is 2.42. The van der Waals surface area contributed by atoms with E-state index in [2.05, 4.69) is 13.1 Å². The van der Waals surface area contributed by atoms with Gasteiger partial charge in [-0.15, -0.1) is 0 Å². The van der Waals surface area contributed by atoms with Crippen LogP contribution in [0.4, 0.5) is 0 Å². The molecule has 47 heavy (non-hydrogen) atoms. The maximum atomic E-state index is 6.32. The van der Waals surface area contributed by atoms with E-state index in [4.69, 9.17) is 70.9 Å². The molecule has 0 aromatic carbocycles. The van der Waals surface area contributed by atoms with Crippen molar-refractivity contribution in [2.45, 2.75) is 96.5 Å². The van der Waals surface area contributed by atoms with Gasteiger partial charge in [-0.2, -0.15) is 0 Å². The molecule has 3 heterocycles. The fourth-order valence-corrected chi connectivity index (χ4v) is 33.5. The quantitative estimate of drug-likeness (QED) is 0.123. The van der Waals surface area contributed by atoms with Gasteiger partial charge >= 0.3 is 106 Å². The van der Waals surface area contributed by atoms with Gasteiger partial charge in [0.25, 0.3) is 18.6 Å². The van der Waals surface area contributed by atoms with Crippen LogP contribution in [-0.4, -0.2) is 161 Å². The molecule has 0 spiro atoms. The lowest BCUT2D eigenvalue weighted by atomic mass is 10.5. The summed E-state index contributed by atoms with van der Waals surface area (Å²) in [6.45, 7) is 18.2. The molecule has 3 fully saturated rings. The molecule has 263 valence electrons. The van der Waals surface area contributed by atoms with Crippen LogP contribution in [0.2, 0.25) is 57.4 Å². The largest absolute Gasteiger partial charge is 0.558 e. The molecule has 9 atom stereocenters. The van der Waals surface area contributed by atoms with E-state index < -0.39 is 83.1 Å². The zero-order valence-corrected chi connectivity index (χ0v) is 43.5. The molecule has 0 aromatic rings. The van der Waals surface area contributed by atoms with Crippen LogP contribution in [0.25, 0.3) is 0 Å². The number of hydrogen-bond donors (Lipinski definition) is 0. The second kappa shape index (κ2) is 24.1. The van der Waals surface area contributed by atoms with Crippen LogP contribution in [0.1, 0.15) is 20.8 Å². The minimum atomic E-state index is -2.63. The summed E-state index contributed by atoms with van der Waals surface area (Å²) < 4.78 is 99.4. The van der Waals surface area contributed by atoms with Crippen LogP contribution >= 0.6 is 0 Å². The van der Waals surface area contributed by atoms with Gasteiger partial charge in [0.05, 0.1) is 0 Å². The van der Waals surface area contributed by atoms with E-state index >= 15 is 0 Å². The van der Waals surface area contributed by atoms with E-state index in [0.717, 1.165) is 12.1 Å². The predicted molar refractivity (Wildman–Crippen MR) is 190 cm³/mol. The second-order valence-corrected chi connectivity index (χ2v) is 36.7. The normalized spacial score (nSPS) is 36.2. The van der Waals surface area contributed by atoms with Crippen molar-refractivity contribution in [2.24, 2.45) is 0 Å². The maximum absolute atomic E-state index is 6.32. The Bertz CT molecular complexity index is 813. The monoisotopic (exact) mass is 913 g/mol. The first-order valence-corrected chi connectivity index (χ1v) is 37.1. The molecule has 3 saturated heterocycles. The summed E-state index contributed by atoms with van der Waals surface area (Å²) in [5, 5.41) is 0. The van der Waals surface area contributed by atoms with Gasteiger partial charge in [-0.05, 0) is 72.1 Å². The fourth-order valence-electron chi connectivity index (χ4n) is 4.42. The van der Waals surface area contributed by atoms with Crippen molar-refractivity contribution >= 4 is 143 Å². The Morgan fingerprint density at radius 1 is 0.574 bits per heavy atom. The van der Waals surface area contributed by atoms with Crippen molar-refractivity contribution in [1.29, 1.82) is 0 Å². The smallest absolute Gasteiger partial charge is 0.441 e. The third-order valence-corrected chi connectivity index (χ3v) is 35.8. The molecule has 0 amide bonds.